The van der Waals surface area contributed by atoms with E-state index in [0.29, 0.717) is 44.5 Å². The van der Waals surface area contributed by atoms with Crippen molar-refractivity contribution in [2.45, 2.75) is 35.8 Å². The Bertz CT molecular complexity index is 1660. The van der Waals surface area contributed by atoms with Crippen molar-refractivity contribution in [2.24, 2.45) is 0 Å². The molecule has 5 rings (SSSR count). The maximum Gasteiger partial charge on any atom is 0.258 e. The van der Waals surface area contributed by atoms with Crippen LogP contribution in [0.5, 0.6) is 5.75 Å². The summed E-state index contributed by atoms with van der Waals surface area (Å²) in [4.78, 5) is 15.6. The van der Waals surface area contributed by atoms with Crippen LogP contribution in [0.25, 0.3) is 0 Å². The number of aliphatic hydroxyl groups excluding tert-OH is 1. The Labute approximate surface area is 262 Å². The smallest absolute Gasteiger partial charge is 0.258 e. The fraction of sp³-hybridized carbons (Fsp3) is 0.233. The Kier molecular flexibility index (Phi) is 8.98. The number of benzene rings is 3. The first-order chi connectivity index (χ1) is 20.0. The lowest BCUT2D eigenvalue weighted by Gasteiger charge is -2.42. The molecule has 0 saturated carbocycles. The number of thiophene rings is 1. The molecule has 42 heavy (non-hydrogen) atoms. The van der Waals surface area contributed by atoms with Crippen molar-refractivity contribution in [2.75, 3.05) is 23.3 Å². The molecule has 0 fully saturated rings. The number of anilines is 2. The predicted octanol–water partition coefficient (Wildman–Crippen LogP) is 6.47. The van der Waals surface area contributed by atoms with Crippen LogP contribution in [0.2, 0.25) is 4.34 Å². The van der Waals surface area contributed by atoms with E-state index in [0.717, 1.165) is 17.0 Å². The van der Waals surface area contributed by atoms with Crippen molar-refractivity contribution in [3.8, 4) is 5.75 Å². The number of para-hydroxylation sites is 2. The number of nitrogens with one attached hydrogen (secondary N) is 2. The number of fused-ring (bicyclic) bond motifs is 1. The van der Waals surface area contributed by atoms with Crippen LogP contribution in [-0.2, 0) is 10.0 Å². The monoisotopic (exact) mass is 689 g/mol. The van der Waals surface area contributed by atoms with Gasteiger partial charge in [0, 0.05) is 40.1 Å². The van der Waals surface area contributed by atoms with Gasteiger partial charge in [0.25, 0.3) is 15.9 Å². The Hall–Kier alpha value is -2.93. The minimum atomic E-state index is -4.08. The number of nitrogens with zero attached hydrogens (tertiary/aromatic N) is 1. The SMILES string of the molecule is CC1(C)Oc2ccc(C(=O)N(CCNc3ccccc3)c3ccccc3)cc2[C@@H](NS(=O)(=O)c2cc(Br)c(Cl)s2)[C@@H]1O. The van der Waals surface area contributed by atoms with Gasteiger partial charge in [0.1, 0.15) is 26.0 Å². The van der Waals surface area contributed by atoms with Crippen LogP contribution in [0.4, 0.5) is 11.4 Å². The van der Waals surface area contributed by atoms with Gasteiger partial charge >= 0.3 is 0 Å². The number of carbonyl (C=O) groups excluding carboxylic acids is 1. The fourth-order valence-corrected chi connectivity index (χ4v) is 8.26. The minimum absolute atomic E-state index is 0.00850. The van der Waals surface area contributed by atoms with Gasteiger partial charge < -0.3 is 20.1 Å². The van der Waals surface area contributed by atoms with Gasteiger partial charge in [-0.3, -0.25) is 4.79 Å². The summed E-state index contributed by atoms with van der Waals surface area (Å²) < 4.78 is 36.2. The van der Waals surface area contributed by atoms with Gasteiger partial charge in [-0.15, -0.1) is 11.3 Å². The molecule has 3 N–H and O–H groups in total. The van der Waals surface area contributed by atoms with Gasteiger partial charge in [0.05, 0.1) is 6.04 Å². The number of hydrogen-bond acceptors (Lipinski definition) is 7. The van der Waals surface area contributed by atoms with E-state index in [1.165, 1.54) is 6.07 Å². The molecule has 1 aromatic heterocycles. The summed E-state index contributed by atoms with van der Waals surface area (Å²) in [6.45, 7) is 4.21. The third-order valence-electron chi connectivity index (χ3n) is 6.91. The highest BCUT2D eigenvalue weighted by molar-refractivity contribution is 9.10. The summed E-state index contributed by atoms with van der Waals surface area (Å²) in [6, 6.07) is 24.2. The number of ether oxygens (including phenoxy) is 1. The van der Waals surface area contributed by atoms with E-state index in [2.05, 4.69) is 26.0 Å². The molecule has 0 radical (unpaired) electrons. The molecule has 1 amide bonds. The lowest BCUT2D eigenvalue weighted by Crippen LogP contribution is -2.53. The second kappa shape index (κ2) is 12.4. The number of sulfonamides is 1. The molecule has 2 atom stereocenters. The summed E-state index contributed by atoms with van der Waals surface area (Å²) in [6.07, 6.45) is -1.26. The van der Waals surface area contributed by atoms with Crippen molar-refractivity contribution >= 4 is 66.2 Å². The summed E-state index contributed by atoms with van der Waals surface area (Å²) in [5, 5.41) is 14.6. The van der Waals surface area contributed by atoms with E-state index >= 15 is 0 Å². The summed E-state index contributed by atoms with van der Waals surface area (Å²) in [5.41, 5.74) is 1.21. The third-order valence-corrected chi connectivity index (χ3v) is 11.3. The van der Waals surface area contributed by atoms with Crippen LogP contribution in [-0.4, -0.2) is 44.2 Å². The van der Waals surface area contributed by atoms with Crippen molar-refractivity contribution in [1.82, 2.24) is 4.72 Å². The molecule has 0 aliphatic carbocycles. The molecule has 0 bridgehead atoms. The van der Waals surface area contributed by atoms with E-state index in [9.17, 15) is 18.3 Å². The van der Waals surface area contributed by atoms with Gasteiger partial charge in [0.15, 0.2) is 0 Å². The Morgan fingerprint density at radius 1 is 1.07 bits per heavy atom. The number of hydrogen-bond donors (Lipinski definition) is 3. The van der Waals surface area contributed by atoms with Crippen molar-refractivity contribution in [3.05, 3.63) is 105 Å². The van der Waals surface area contributed by atoms with Crippen molar-refractivity contribution in [3.63, 3.8) is 0 Å². The predicted molar refractivity (Wildman–Crippen MR) is 170 cm³/mol. The molecule has 1 aliphatic heterocycles. The molecule has 0 spiro atoms. The summed E-state index contributed by atoms with van der Waals surface area (Å²) in [7, 11) is -4.08. The average molecular weight is 691 g/mol. The molecule has 0 saturated heterocycles. The number of rotatable bonds is 9. The largest absolute Gasteiger partial charge is 0.485 e. The lowest BCUT2D eigenvalue weighted by molar-refractivity contribution is -0.0603. The van der Waals surface area contributed by atoms with Crippen LogP contribution in [0.1, 0.15) is 35.8 Å². The molecule has 1 aliphatic rings. The van der Waals surface area contributed by atoms with E-state index in [4.69, 9.17) is 16.3 Å². The Balaban J connectivity index is 1.47. The van der Waals surface area contributed by atoms with Crippen LogP contribution in [0, 0.1) is 0 Å². The highest BCUT2D eigenvalue weighted by Crippen LogP contribution is 2.42. The molecule has 0 unspecified atom stereocenters. The zero-order valence-electron chi connectivity index (χ0n) is 22.8. The standard InChI is InChI=1S/C30H29BrClN3O5S2/c1-30(2)27(36)26(34-42(38,39)25-18-23(31)28(32)41-25)22-17-19(13-14-24(22)40-30)29(37)35(21-11-7-4-8-12-21)16-15-33-20-9-5-3-6-10-20/h3-14,17-18,26-27,33-34,36H,15-16H2,1-2H3/t26-,27+/m1/s1. The molecular weight excluding hydrogens is 662 g/mol. The zero-order chi connectivity index (χ0) is 30.1. The van der Waals surface area contributed by atoms with Gasteiger partial charge in [-0.2, -0.15) is 0 Å². The molecule has 2 heterocycles. The highest BCUT2D eigenvalue weighted by atomic mass is 79.9. The van der Waals surface area contributed by atoms with E-state index in [1.807, 2.05) is 60.7 Å². The van der Waals surface area contributed by atoms with E-state index in [1.54, 1.807) is 36.9 Å². The first-order valence-electron chi connectivity index (χ1n) is 13.1. The van der Waals surface area contributed by atoms with E-state index in [-0.39, 0.29) is 10.1 Å². The minimum Gasteiger partial charge on any atom is -0.485 e. The molecular formula is C30H29BrClN3O5S2. The highest BCUT2D eigenvalue weighted by Gasteiger charge is 2.45. The second-order valence-corrected chi connectivity index (χ2v) is 14.7. The molecule has 12 heteroatoms. The van der Waals surface area contributed by atoms with Crippen molar-refractivity contribution < 1.29 is 23.1 Å². The topological polar surface area (TPSA) is 108 Å². The average Bonchev–Trinajstić information content (AvgIpc) is 3.32. The van der Waals surface area contributed by atoms with Gasteiger partial charge in [-0.05, 0) is 78.3 Å². The second-order valence-electron chi connectivity index (χ2n) is 10.3. The molecule has 220 valence electrons. The maximum atomic E-state index is 14.0. The first-order valence-corrected chi connectivity index (χ1v) is 16.6. The lowest BCUT2D eigenvalue weighted by atomic mass is 9.86. The van der Waals surface area contributed by atoms with Crippen molar-refractivity contribution in [1.29, 1.82) is 0 Å². The molecule has 4 aromatic rings. The van der Waals surface area contributed by atoms with Crippen LogP contribution < -0.4 is 19.7 Å². The first kappa shape index (κ1) is 30.5. The maximum absolute atomic E-state index is 14.0. The number of aliphatic hydroxyl groups is 1. The van der Waals surface area contributed by atoms with Crippen LogP contribution >= 0.6 is 38.9 Å². The number of halogens is 2. The Morgan fingerprint density at radius 2 is 1.74 bits per heavy atom. The summed E-state index contributed by atoms with van der Waals surface area (Å²) >= 11 is 10.2. The van der Waals surface area contributed by atoms with Crippen LogP contribution in [0.15, 0.2) is 93.6 Å². The fourth-order valence-electron chi connectivity index (χ4n) is 4.72. The van der Waals surface area contributed by atoms with Gasteiger partial charge in [-0.1, -0.05) is 48.0 Å². The van der Waals surface area contributed by atoms with Gasteiger partial charge in [-0.25, -0.2) is 13.1 Å². The number of carbonyl (C=O) groups is 1. The quantitative estimate of drug-likeness (QED) is 0.186. The zero-order valence-corrected chi connectivity index (χ0v) is 26.7. The van der Waals surface area contributed by atoms with E-state index < -0.39 is 27.8 Å². The number of amides is 1. The molecule has 3 aromatic carbocycles. The third kappa shape index (κ3) is 6.51. The molecule has 8 nitrogen and oxygen atoms in total. The Morgan fingerprint density at radius 3 is 2.38 bits per heavy atom. The normalized spacial score (nSPS) is 17.6. The van der Waals surface area contributed by atoms with Gasteiger partial charge in [0.2, 0.25) is 0 Å². The summed E-state index contributed by atoms with van der Waals surface area (Å²) in [5.74, 6) is 0.0886. The van der Waals surface area contributed by atoms with Crippen LogP contribution in [0.3, 0.4) is 0 Å².